The minimum Gasteiger partial charge on any atom is -0.493 e. The van der Waals surface area contributed by atoms with Crippen LogP contribution in [-0.4, -0.2) is 23.8 Å². The Balaban J connectivity index is 2.50. The third-order valence-electron chi connectivity index (χ3n) is 2.95. The molecule has 2 aromatic rings. The summed E-state index contributed by atoms with van der Waals surface area (Å²) >= 11 is 1.48. The molecular weight excluding hydrogens is 286 g/mol. The average molecular weight is 307 g/mol. The summed E-state index contributed by atoms with van der Waals surface area (Å²) in [5, 5.41) is 11.1. The molecule has 0 atom stereocenters. The summed E-state index contributed by atoms with van der Waals surface area (Å²) in [5.74, 6) is 0.806. The van der Waals surface area contributed by atoms with Gasteiger partial charge in [-0.25, -0.2) is 4.98 Å². The van der Waals surface area contributed by atoms with E-state index in [1.54, 1.807) is 21.0 Å². The summed E-state index contributed by atoms with van der Waals surface area (Å²) < 4.78 is 10.9. The number of aliphatic hydroxyl groups is 1. The van der Waals surface area contributed by atoms with Gasteiger partial charge in [-0.3, -0.25) is 0 Å². The van der Waals surface area contributed by atoms with E-state index in [1.807, 2.05) is 31.2 Å². The van der Waals surface area contributed by atoms with Crippen LogP contribution in [0.25, 0.3) is 10.6 Å². The van der Waals surface area contributed by atoms with Crippen molar-refractivity contribution in [1.29, 1.82) is 0 Å². The number of hydrogen-bond donors (Lipinski definition) is 1. The molecule has 21 heavy (non-hydrogen) atoms. The Morgan fingerprint density at radius 3 is 2.62 bits per heavy atom. The Kier molecular flexibility index (Phi) is 4.98. The van der Waals surface area contributed by atoms with Gasteiger partial charge in [0.25, 0.3) is 0 Å². The molecule has 0 spiro atoms. The molecule has 0 aliphatic carbocycles. The molecule has 5 heteroatoms. The molecular formula is C16H21NO3S. The molecule has 114 valence electrons. The van der Waals surface area contributed by atoms with Gasteiger partial charge in [0.1, 0.15) is 10.8 Å². The monoisotopic (exact) mass is 307 g/mol. The molecule has 0 radical (unpaired) electrons. The third kappa shape index (κ3) is 3.61. The molecule has 0 saturated carbocycles. The fourth-order valence-corrected chi connectivity index (χ4v) is 3.20. The van der Waals surface area contributed by atoms with Gasteiger partial charge in [-0.15, -0.1) is 11.3 Å². The Bertz CT molecular complexity index is 602. The van der Waals surface area contributed by atoms with E-state index < -0.39 is 5.60 Å². The van der Waals surface area contributed by atoms with Crippen LogP contribution in [0.5, 0.6) is 5.75 Å². The quantitative estimate of drug-likeness (QED) is 0.886. The van der Waals surface area contributed by atoms with Crippen molar-refractivity contribution in [3.8, 4) is 16.3 Å². The molecule has 2 rings (SSSR count). The zero-order valence-electron chi connectivity index (χ0n) is 12.8. The van der Waals surface area contributed by atoms with E-state index in [2.05, 4.69) is 4.98 Å². The summed E-state index contributed by atoms with van der Waals surface area (Å²) in [6.45, 7) is 6.46. The lowest BCUT2D eigenvalue weighted by molar-refractivity contribution is 0.0782. The van der Waals surface area contributed by atoms with Gasteiger partial charge in [-0.05, 0) is 32.9 Å². The number of rotatable bonds is 6. The summed E-state index contributed by atoms with van der Waals surface area (Å²) in [7, 11) is 1.63. The highest BCUT2D eigenvalue weighted by molar-refractivity contribution is 7.15. The summed E-state index contributed by atoms with van der Waals surface area (Å²) in [6.07, 6.45) is 0. The van der Waals surface area contributed by atoms with Gasteiger partial charge in [0.15, 0.2) is 0 Å². The predicted octanol–water partition coefficient (Wildman–Crippen LogP) is 3.58. The van der Waals surface area contributed by atoms with Crippen LogP contribution in [-0.2, 0) is 16.9 Å². The molecule has 1 N–H and O–H groups in total. The lowest BCUT2D eigenvalue weighted by atomic mass is 10.1. The van der Waals surface area contributed by atoms with Crippen LogP contribution in [0.3, 0.4) is 0 Å². The van der Waals surface area contributed by atoms with Gasteiger partial charge in [0.2, 0.25) is 0 Å². The summed E-state index contributed by atoms with van der Waals surface area (Å²) in [5.41, 5.74) is 0.776. The van der Waals surface area contributed by atoms with E-state index in [-0.39, 0.29) is 0 Å². The third-order valence-corrected chi connectivity index (χ3v) is 4.40. The van der Waals surface area contributed by atoms with Gasteiger partial charge >= 0.3 is 0 Å². The Hall–Kier alpha value is -1.43. The number of para-hydroxylation sites is 1. The van der Waals surface area contributed by atoms with Gasteiger partial charge < -0.3 is 14.6 Å². The Labute approximate surface area is 129 Å². The molecule has 0 fully saturated rings. The predicted molar refractivity (Wildman–Crippen MR) is 84.7 cm³/mol. The second-order valence-electron chi connectivity index (χ2n) is 5.22. The van der Waals surface area contributed by atoms with Crippen molar-refractivity contribution in [3.63, 3.8) is 0 Å². The molecule has 0 bridgehead atoms. The maximum atomic E-state index is 10.3. The number of hydrogen-bond acceptors (Lipinski definition) is 5. The van der Waals surface area contributed by atoms with E-state index in [9.17, 15) is 5.11 Å². The van der Waals surface area contributed by atoms with E-state index in [4.69, 9.17) is 9.47 Å². The lowest BCUT2D eigenvalue weighted by Crippen LogP contribution is -2.16. The SMILES string of the molecule is CCOc1ccccc1-c1nc(COC)c(C(C)(C)O)s1. The fourth-order valence-electron chi connectivity index (χ4n) is 2.10. The normalized spacial score (nSPS) is 11.7. The molecule has 1 aromatic carbocycles. The number of methoxy groups -OCH3 is 1. The van der Waals surface area contributed by atoms with Crippen molar-refractivity contribution < 1.29 is 14.6 Å². The van der Waals surface area contributed by atoms with Gasteiger partial charge in [-0.2, -0.15) is 0 Å². The smallest absolute Gasteiger partial charge is 0.129 e. The van der Waals surface area contributed by atoms with Crippen LogP contribution in [0.15, 0.2) is 24.3 Å². The topological polar surface area (TPSA) is 51.6 Å². The van der Waals surface area contributed by atoms with Crippen molar-refractivity contribution in [2.24, 2.45) is 0 Å². The number of nitrogens with zero attached hydrogens (tertiary/aromatic N) is 1. The summed E-state index contributed by atoms with van der Waals surface area (Å²) in [4.78, 5) is 5.46. The van der Waals surface area contributed by atoms with E-state index >= 15 is 0 Å². The van der Waals surface area contributed by atoms with Crippen LogP contribution < -0.4 is 4.74 Å². The van der Waals surface area contributed by atoms with Crippen molar-refractivity contribution >= 4 is 11.3 Å². The fraction of sp³-hybridized carbons (Fsp3) is 0.438. The highest BCUT2D eigenvalue weighted by atomic mass is 32.1. The number of aromatic nitrogens is 1. The summed E-state index contributed by atoms with van der Waals surface area (Å²) in [6, 6.07) is 7.81. The van der Waals surface area contributed by atoms with Crippen LogP contribution >= 0.6 is 11.3 Å². The van der Waals surface area contributed by atoms with Crippen LogP contribution in [0.2, 0.25) is 0 Å². The standard InChI is InChI=1S/C16H21NO3S/c1-5-20-13-9-7-6-8-11(13)15-17-12(10-19-4)14(21-15)16(2,3)18/h6-9,18H,5,10H2,1-4H3. The zero-order chi connectivity index (χ0) is 15.5. The highest BCUT2D eigenvalue weighted by Crippen LogP contribution is 2.38. The Morgan fingerprint density at radius 2 is 2.00 bits per heavy atom. The van der Waals surface area contributed by atoms with E-state index in [1.165, 1.54) is 11.3 Å². The molecule has 0 unspecified atom stereocenters. The second kappa shape index (κ2) is 6.56. The minimum atomic E-state index is -0.940. The van der Waals surface area contributed by atoms with E-state index in [0.29, 0.717) is 13.2 Å². The number of ether oxygens (including phenoxy) is 2. The average Bonchev–Trinajstić information content (AvgIpc) is 2.84. The van der Waals surface area contributed by atoms with Gasteiger partial charge in [0.05, 0.1) is 34.9 Å². The van der Waals surface area contributed by atoms with Crippen LogP contribution in [0.4, 0.5) is 0 Å². The lowest BCUT2D eigenvalue weighted by Gasteiger charge is -2.16. The molecule has 0 saturated heterocycles. The van der Waals surface area contributed by atoms with Gasteiger partial charge in [-0.1, -0.05) is 12.1 Å². The van der Waals surface area contributed by atoms with Crippen molar-refractivity contribution in [1.82, 2.24) is 4.98 Å². The minimum absolute atomic E-state index is 0.382. The molecule has 1 heterocycles. The maximum absolute atomic E-state index is 10.3. The largest absolute Gasteiger partial charge is 0.493 e. The Morgan fingerprint density at radius 1 is 1.29 bits per heavy atom. The first-order valence-corrected chi connectivity index (χ1v) is 7.72. The molecule has 0 amide bonds. The van der Waals surface area contributed by atoms with Crippen molar-refractivity contribution in [2.45, 2.75) is 33.0 Å². The maximum Gasteiger partial charge on any atom is 0.129 e. The highest BCUT2D eigenvalue weighted by Gasteiger charge is 2.26. The van der Waals surface area contributed by atoms with E-state index in [0.717, 1.165) is 26.9 Å². The first-order valence-electron chi connectivity index (χ1n) is 6.91. The first kappa shape index (κ1) is 15.9. The first-order chi connectivity index (χ1) is 9.97. The number of thiazole rings is 1. The van der Waals surface area contributed by atoms with Crippen LogP contribution in [0, 0.1) is 0 Å². The number of benzene rings is 1. The van der Waals surface area contributed by atoms with Crippen LogP contribution in [0.1, 0.15) is 31.3 Å². The molecule has 1 aromatic heterocycles. The van der Waals surface area contributed by atoms with Crippen molar-refractivity contribution in [3.05, 3.63) is 34.8 Å². The molecule has 4 nitrogen and oxygen atoms in total. The van der Waals surface area contributed by atoms with Crippen molar-refractivity contribution in [2.75, 3.05) is 13.7 Å². The second-order valence-corrected chi connectivity index (χ2v) is 6.22. The molecule has 0 aliphatic heterocycles. The molecule has 0 aliphatic rings. The zero-order valence-corrected chi connectivity index (χ0v) is 13.7. The van der Waals surface area contributed by atoms with Gasteiger partial charge in [0, 0.05) is 7.11 Å².